The van der Waals surface area contributed by atoms with E-state index < -0.39 is 21.5 Å². The van der Waals surface area contributed by atoms with Crippen molar-refractivity contribution in [2.45, 2.75) is 26.7 Å². The molecule has 0 saturated carbocycles. The van der Waals surface area contributed by atoms with Crippen LogP contribution in [0.2, 0.25) is 0 Å². The molecule has 3 N–H and O–H groups in total. The number of hydrogen-bond acceptors (Lipinski definition) is 7. The van der Waals surface area contributed by atoms with Crippen molar-refractivity contribution in [2.24, 2.45) is 5.92 Å². The molecule has 0 radical (unpaired) electrons. The number of nitrogens with zero attached hydrogens (tertiary/aromatic N) is 4. The number of sulfone groups is 1. The Labute approximate surface area is 257 Å². The molecule has 6 aromatic rings. The summed E-state index contributed by atoms with van der Waals surface area (Å²) in [6.45, 7) is 3.89. The molecular weight excluding hydrogens is 600 g/mol. The Bertz CT molecular complexity index is 2190. The van der Waals surface area contributed by atoms with Crippen LogP contribution >= 0.6 is 0 Å². The fourth-order valence-electron chi connectivity index (χ4n) is 5.17. The molecule has 0 unspecified atom stereocenters. The van der Waals surface area contributed by atoms with Gasteiger partial charge in [-0.15, -0.1) is 0 Å². The lowest BCUT2D eigenvalue weighted by molar-refractivity contribution is -0.116. The molecule has 45 heavy (non-hydrogen) atoms. The van der Waals surface area contributed by atoms with Crippen LogP contribution in [0.3, 0.4) is 0 Å². The highest BCUT2D eigenvalue weighted by atomic mass is 32.2. The van der Waals surface area contributed by atoms with E-state index in [1.165, 1.54) is 30.6 Å². The number of anilines is 1. The number of halogens is 2. The first-order valence-corrected chi connectivity index (χ1v) is 16.2. The molecular formula is C32H29F2N7O3S. The van der Waals surface area contributed by atoms with E-state index in [0.717, 1.165) is 6.26 Å². The number of H-pyrrole nitrogens is 2. The Morgan fingerprint density at radius 3 is 2.60 bits per heavy atom. The Kier molecular flexibility index (Phi) is 7.87. The van der Waals surface area contributed by atoms with Crippen molar-refractivity contribution in [1.82, 2.24) is 30.1 Å². The molecule has 0 aliphatic heterocycles. The van der Waals surface area contributed by atoms with Gasteiger partial charge in [0.2, 0.25) is 5.91 Å². The van der Waals surface area contributed by atoms with E-state index in [1.54, 1.807) is 30.5 Å². The third-order valence-corrected chi connectivity index (χ3v) is 8.14. The van der Waals surface area contributed by atoms with Gasteiger partial charge in [-0.25, -0.2) is 22.2 Å². The Balaban J connectivity index is 1.38. The van der Waals surface area contributed by atoms with Crippen LogP contribution in [0, 0.1) is 17.6 Å². The van der Waals surface area contributed by atoms with Crippen LogP contribution in [0.5, 0.6) is 0 Å². The van der Waals surface area contributed by atoms with Crippen molar-refractivity contribution >= 4 is 43.4 Å². The van der Waals surface area contributed by atoms with Gasteiger partial charge in [-0.3, -0.25) is 19.9 Å². The van der Waals surface area contributed by atoms with Gasteiger partial charge < -0.3 is 10.3 Å². The molecule has 0 aliphatic rings. The van der Waals surface area contributed by atoms with E-state index in [0.29, 0.717) is 67.9 Å². The van der Waals surface area contributed by atoms with Gasteiger partial charge in [-0.05, 0) is 54.3 Å². The van der Waals surface area contributed by atoms with Gasteiger partial charge in [-0.2, -0.15) is 5.10 Å². The van der Waals surface area contributed by atoms with Gasteiger partial charge in [0.05, 0.1) is 34.4 Å². The smallest absolute Gasteiger partial charge is 0.224 e. The summed E-state index contributed by atoms with van der Waals surface area (Å²) in [6.07, 6.45) is 6.24. The van der Waals surface area contributed by atoms with Crippen LogP contribution in [-0.2, 0) is 21.1 Å². The first kappa shape index (κ1) is 30.0. The molecule has 0 atom stereocenters. The van der Waals surface area contributed by atoms with Crippen LogP contribution in [0.1, 0.15) is 25.8 Å². The van der Waals surface area contributed by atoms with Crippen LogP contribution in [0.4, 0.5) is 14.5 Å². The zero-order chi connectivity index (χ0) is 31.9. The average Bonchev–Trinajstić information content (AvgIpc) is 3.58. The fourth-order valence-corrected chi connectivity index (χ4v) is 5.78. The number of pyridine rings is 2. The number of imidazole rings is 1. The normalized spacial score (nSPS) is 12.0. The van der Waals surface area contributed by atoms with Crippen molar-refractivity contribution in [3.8, 4) is 33.9 Å². The van der Waals surface area contributed by atoms with Crippen LogP contribution in [-0.4, -0.2) is 56.5 Å². The number of benzene rings is 2. The van der Waals surface area contributed by atoms with Crippen LogP contribution < -0.4 is 5.32 Å². The zero-order valence-electron chi connectivity index (χ0n) is 24.6. The number of nitrogens with one attached hydrogen (secondary N) is 3. The van der Waals surface area contributed by atoms with Gasteiger partial charge in [0.1, 0.15) is 32.7 Å². The molecule has 0 bridgehead atoms. The van der Waals surface area contributed by atoms with Crippen LogP contribution in [0.15, 0.2) is 61.1 Å². The number of aromatic nitrogens is 6. The molecule has 4 heterocycles. The summed E-state index contributed by atoms with van der Waals surface area (Å²) >= 11 is 0. The number of aromatic amines is 2. The van der Waals surface area contributed by atoms with Gasteiger partial charge in [0, 0.05) is 53.2 Å². The van der Waals surface area contributed by atoms with Gasteiger partial charge in [0.15, 0.2) is 5.82 Å². The lowest BCUT2D eigenvalue weighted by atomic mass is 10.0. The number of carbonyl (C=O) groups excluding carboxylic acids is 1. The standard InChI is InChI=1S/C32H29F2N7O3S/c1-17(2)8-28(42)37-22-12-20(15-35-16-22)23-13-24-27(14-25(23)34)40-41-30(24)32-38-26-4-6-36-29(31(26)39-32)19-9-18(10-21(33)11-19)5-7-45(3,43)44/h4,6,9-17H,5,7-8H2,1-3H3,(H,37,42)(H,38,39)(H,40,41). The Hall–Kier alpha value is -5.04. The number of aryl methyl sites for hydroxylation is 1. The maximum Gasteiger partial charge on any atom is 0.224 e. The van der Waals surface area contributed by atoms with Crippen molar-refractivity contribution in [3.05, 3.63) is 78.3 Å². The maximum absolute atomic E-state index is 15.3. The molecule has 1 amide bonds. The van der Waals surface area contributed by atoms with E-state index in [4.69, 9.17) is 4.98 Å². The van der Waals surface area contributed by atoms with Crippen molar-refractivity contribution in [2.75, 3.05) is 17.3 Å². The van der Waals surface area contributed by atoms with Crippen LogP contribution in [0.25, 0.3) is 55.8 Å². The van der Waals surface area contributed by atoms with Crippen molar-refractivity contribution in [3.63, 3.8) is 0 Å². The average molecular weight is 630 g/mol. The summed E-state index contributed by atoms with van der Waals surface area (Å²) in [7, 11) is -3.23. The second kappa shape index (κ2) is 11.8. The lowest BCUT2D eigenvalue weighted by Crippen LogP contribution is -2.14. The summed E-state index contributed by atoms with van der Waals surface area (Å²) in [5, 5.41) is 10.7. The minimum atomic E-state index is -3.23. The summed E-state index contributed by atoms with van der Waals surface area (Å²) in [5.74, 6) is -0.717. The Morgan fingerprint density at radius 2 is 1.82 bits per heavy atom. The topological polar surface area (TPSA) is 146 Å². The molecule has 0 fully saturated rings. The first-order valence-electron chi connectivity index (χ1n) is 14.2. The number of carbonyl (C=O) groups is 1. The van der Waals surface area contributed by atoms with Crippen molar-refractivity contribution in [1.29, 1.82) is 0 Å². The highest BCUT2D eigenvalue weighted by Gasteiger charge is 2.19. The maximum atomic E-state index is 15.3. The molecule has 230 valence electrons. The molecule has 0 spiro atoms. The molecule has 10 nitrogen and oxygen atoms in total. The summed E-state index contributed by atoms with van der Waals surface area (Å²) in [5.41, 5.74) is 4.51. The predicted molar refractivity (Wildman–Crippen MR) is 169 cm³/mol. The largest absolute Gasteiger partial charge is 0.336 e. The van der Waals surface area contributed by atoms with Gasteiger partial charge in [-0.1, -0.05) is 13.8 Å². The molecule has 6 rings (SSSR count). The summed E-state index contributed by atoms with van der Waals surface area (Å²) in [4.78, 5) is 28.9. The molecule has 4 aromatic heterocycles. The minimum absolute atomic E-state index is 0.109. The number of amides is 1. The number of fused-ring (bicyclic) bond motifs is 2. The SMILES string of the molecule is CC(C)CC(=O)Nc1cncc(-c2cc3c(-c4nc5c(-c6cc(F)cc(CCS(C)(=O)=O)c6)nccc5[nH]4)n[nH]c3cc2F)c1. The molecule has 13 heteroatoms. The fraction of sp³-hybridized carbons (Fsp3) is 0.219. The Morgan fingerprint density at radius 1 is 1.00 bits per heavy atom. The molecule has 0 aliphatic carbocycles. The van der Waals surface area contributed by atoms with E-state index in [1.807, 2.05) is 13.8 Å². The third-order valence-electron chi connectivity index (χ3n) is 7.19. The number of rotatable bonds is 9. The quantitative estimate of drug-likeness (QED) is 0.176. The lowest BCUT2D eigenvalue weighted by Gasteiger charge is -2.09. The number of hydrogen-bond donors (Lipinski definition) is 3. The summed E-state index contributed by atoms with van der Waals surface area (Å²) in [6, 6.07) is 10.7. The summed E-state index contributed by atoms with van der Waals surface area (Å²) < 4.78 is 53.3. The highest BCUT2D eigenvalue weighted by molar-refractivity contribution is 7.90. The molecule has 0 saturated heterocycles. The van der Waals surface area contributed by atoms with E-state index in [9.17, 15) is 17.6 Å². The van der Waals surface area contributed by atoms with E-state index in [-0.39, 0.29) is 29.6 Å². The van der Waals surface area contributed by atoms with E-state index >= 15 is 4.39 Å². The second-order valence-electron chi connectivity index (χ2n) is 11.4. The van der Waals surface area contributed by atoms with Crippen molar-refractivity contribution < 1.29 is 22.0 Å². The minimum Gasteiger partial charge on any atom is -0.336 e. The van der Waals surface area contributed by atoms with Gasteiger partial charge >= 0.3 is 0 Å². The third kappa shape index (κ3) is 6.58. The molecule has 2 aromatic carbocycles. The zero-order valence-corrected chi connectivity index (χ0v) is 25.5. The monoisotopic (exact) mass is 629 g/mol. The van der Waals surface area contributed by atoms with E-state index in [2.05, 4.69) is 30.5 Å². The van der Waals surface area contributed by atoms with Gasteiger partial charge in [0.25, 0.3) is 0 Å². The predicted octanol–water partition coefficient (Wildman–Crippen LogP) is 6.08. The highest BCUT2D eigenvalue weighted by Crippen LogP contribution is 2.34. The second-order valence-corrected chi connectivity index (χ2v) is 13.7. The first-order chi connectivity index (χ1) is 21.4.